The van der Waals surface area contributed by atoms with Crippen molar-refractivity contribution in [2.45, 2.75) is 26.2 Å². The van der Waals surface area contributed by atoms with Crippen LogP contribution in [0.5, 0.6) is 0 Å². The molecule has 0 saturated carbocycles. The lowest BCUT2D eigenvalue weighted by Crippen LogP contribution is -1.76. The van der Waals surface area contributed by atoms with Gasteiger partial charge in [-0.25, -0.2) is 0 Å². The number of hydrogen-bond donors (Lipinski definition) is 0. The van der Waals surface area contributed by atoms with Gasteiger partial charge in [-0.2, -0.15) is 0 Å². The molecule has 0 aliphatic heterocycles. The Labute approximate surface area is 86.7 Å². The van der Waals surface area contributed by atoms with Crippen LogP contribution in [-0.2, 0) is 0 Å². The molecule has 72 valence electrons. The summed E-state index contributed by atoms with van der Waals surface area (Å²) < 4.78 is 0. The van der Waals surface area contributed by atoms with Gasteiger partial charge in [-0.3, -0.25) is 0 Å². The Balaban J connectivity index is 2.64. The summed E-state index contributed by atoms with van der Waals surface area (Å²) in [6.45, 7) is 5.91. The molecule has 0 amide bonds. The molecule has 1 rings (SSSR count). The summed E-state index contributed by atoms with van der Waals surface area (Å²) in [6.07, 6.45) is 5.24. The standard InChI is InChI=1S/C14H16/c1-3-5-6-7-9-14-11-8-10-13(4-2)12-14/h4,8,10-12H,2-3,5-6H2,1H3. The third-order valence-corrected chi connectivity index (χ3v) is 2.01. The molecule has 0 spiro atoms. The van der Waals surface area contributed by atoms with Crippen molar-refractivity contribution in [2.24, 2.45) is 0 Å². The van der Waals surface area contributed by atoms with E-state index in [-0.39, 0.29) is 0 Å². The smallest absolute Gasteiger partial charge is 0.0251 e. The Morgan fingerprint density at radius 1 is 1.43 bits per heavy atom. The largest absolute Gasteiger partial charge is 0.0985 e. The fourth-order valence-corrected chi connectivity index (χ4v) is 1.17. The molecular formula is C14H16. The molecule has 0 aromatic heterocycles. The molecule has 0 unspecified atom stereocenters. The summed E-state index contributed by atoms with van der Waals surface area (Å²) in [7, 11) is 0. The van der Waals surface area contributed by atoms with Crippen LogP contribution in [0.3, 0.4) is 0 Å². The van der Waals surface area contributed by atoms with Crippen LogP contribution < -0.4 is 0 Å². The number of rotatable bonds is 3. The van der Waals surface area contributed by atoms with Gasteiger partial charge in [0.1, 0.15) is 0 Å². The second-order valence-corrected chi connectivity index (χ2v) is 3.23. The van der Waals surface area contributed by atoms with Crippen LogP contribution in [0.2, 0.25) is 0 Å². The van der Waals surface area contributed by atoms with Crippen LogP contribution in [0, 0.1) is 11.8 Å². The van der Waals surface area contributed by atoms with Crippen molar-refractivity contribution in [2.75, 3.05) is 0 Å². The zero-order chi connectivity index (χ0) is 10.2. The molecule has 0 nitrogen and oxygen atoms in total. The van der Waals surface area contributed by atoms with E-state index in [4.69, 9.17) is 0 Å². The first-order valence-electron chi connectivity index (χ1n) is 5.08. The monoisotopic (exact) mass is 184 g/mol. The zero-order valence-electron chi connectivity index (χ0n) is 8.72. The second-order valence-electron chi connectivity index (χ2n) is 3.23. The van der Waals surface area contributed by atoms with Gasteiger partial charge < -0.3 is 0 Å². The van der Waals surface area contributed by atoms with Gasteiger partial charge in [-0.1, -0.05) is 50.0 Å². The summed E-state index contributed by atoms with van der Waals surface area (Å²) in [4.78, 5) is 0. The van der Waals surface area contributed by atoms with Gasteiger partial charge in [0.15, 0.2) is 0 Å². The van der Waals surface area contributed by atoms with Crippen molar-refractivity contribution in [1.29, 1.82) is 0 Å². The topological polar surface area (TPSA) is 0 Å². The fourth-order valence-electron chi connectivity index (χ4n) is 1.17. The highest BCUT2D eigenvalue weighted by Gasteiger charge is 1.87. The molecule has 0 fully saturated rings. The Bertz CT molecular complexity index is 350. The van der Waals surface area contributed by atoms with Gasteiger partial charge in [-0.05, 0) is 24.1 Å². The molecule has 0 aliphatic rings. The van der Waals surface area contributed by atoms with Gasteiger partial charge >= 0.3 is 0 Å². The molecule has 14 heavy (non-hydrogen) atoms. The molecule has 0 heterocycles. The van der Waals surface area contributed by atoms with E-state index < -0.39 is 0 Å². The van der Waals surface area contributed by atoms with E-state index in [9.17, 15) is 0 Å². The minimum atomic E-state index is 0.995. The minimum absolute atomic E-state index is 0.995. The molecule has 0 atom stereocenters. The van der Waals surface area contributed by atoms with Gasteiger partial charge in [-0.15, -0.1) is 0 Å². The van der Waals surface area contributed by atoms with Crippen molar-refractivity contribution in [3.05, 3.63) is 42.0 Å². The Morgan fingerprint density at radius 3 is 3.00 bits per heavy atom. The molecule has 0 bridgehead atoms. The fraction of sp³-hybridized carbons (Fsp3) is 0.286. The lowest BCUT2D eigenvalue weighted by Gasteiger charge is -1.93. The van der Waals surface area contributed by atoms with Crippen LogP contribution in [0.15, 0.2) is 30.8 Å². The van der Waals surface area contributed by atoms with Crippen LogP contribution in [0.1, 0.15) is 37.3 Å². The van der Waals surface area contributed by atoms with Gasteiger partial charge in [0.25, 0.3) is 0 Å². The summed E-state index contributed by atoms with van der Waals surface area (Å²) in [5, 5.41) is 0. The maximum Gasteiger partial charge on any atom is 0.0251 e. The van der Waals surface area contributed by atoms with E-state index >= 15 is 0 Å². The average molecular weight is 184 g/mol. The van der Waals surface area contributed by atoms with E-state index in [2.05, 4.69) is 31.4 Å². The molecular weight excluding hydrogens is 168 g/mol. The Morgan fingerprint density at radius 2 is 2.29 bits per heavy atom. The Hall–Kier alpha value is -1.48. The van der Waals surface area contributed by atoms with E-state index in [0.29, 0.717) is 0 Å². The van der Waals surface area contributed by atoms with Crippen LogP contribution in [0.25, 0.3) is 6.08 Å². The number of benzene rings is 1. The maximum absolute atomic E-state index is 3.73. The predicted molar refractivity (Wildman–Crippen MR) is 62.9 cm³/mol. The number of unbranched alkanes of at least 4 members (excludes halogenated alkanes) is 2. The molecule has 0 saturated heterocycles. The van der Waals surface area contributed by atoms with Gasteiger partial charge in [0.2, 0.25) is 0 Å². The molecule has 0 heteroatoms. The van der Waals surface area contributed by atoms with Crippen LogP contribution >= 0.6 is 0 Å². The van der Waals surface area contributed by atoms with E-state index in [0.717, 1.165) is 17.5 Å². The highest BCUT2D eigenvalue weighted by molar-refractivity contribution is 5.51. The minimum Gasteiger partial charge on any atom is -0.0985 e. The van der Waals surface area contributed by atoms with Crippen molar-refractivity contribution >= 4 is 6.08 Å². The third kappa shape index (κ3) is 3.49. The first-order chi connectivity index (χ1) is 6.86. The van der Waals surface area contributed by atoms with Crippen LogP contribution in [0.4, 0.5) is 0 Å². The van der Waals surface area contributed by atoms with Gasteiger partial charge in [0.05, 0.1) is 0 Å². The summed E-state index contributed by atoms with van der Waals surface area (Å²) in [6, 6.07) is 8.14. The molecule has 0 aliphatic carbocycles. The highest BCUT2D eigenvalue weighted by Crippen LogP contribution is 2.05. The lowest BCUT2D eigenvalue weighted by molar-refractivity contribution is 0.828. The molecule has 0 N–H and O–H groups in total. The summed E-state index contributed by atoms with van der Waals surface area (Å²) in [5.74, 6) is 6.33. The first kappa shape index (κ1) is 10.6. The predicted octanol–water partition coefficient (Wildman–Crippen LogP) is 3.87. The van der Waals surface area contributed by atoms with Crippen molar-refractivity contribution in [3.8, 4) is 11.8 Å². The van der Waals surface area contributed by atoms with Crippen molar-refractivity contribution in [1.82, 2.24) is 0 Å². The van der Waals surface area contributed by atoms with Crippen molar-refractivity contribution in [3.63, 3.8) is 0 Å². The molecule has 0 radical (unpaired) electrons. The zero-order valence-corrected chi connectivity index (χ0v) is 8.72. The molecule has 1 aromatic carbocycles. The van der Waals surface area contributed by atoms with E-state index in [1.807, 2.05) is 24.3 Å². The SMILES string of the molecule is C=Cc1cccc(C#CCCCC)c1. The third-order valence-electron chi connectivity index (χ3n) is 2.01. The highest BCUT2D eigenvalue weighted by atomic mass is 13.9. The van der Waals surface area contributed by atoms with E-state index in [1.54, 1.807) is 0 Å². The summed E-state index contributed by atoms with van der Waals surface area (Å²) in [5.41, 5.74) is 2.21. The average Bonchev–Trinajstić information content (AvgIpc) is 2.25. The second kappa shape index (κ2) is 6.05. The first-order valence-corrected chi connectivity index (χ1v) is 5.08. The Kier molecular flexibility index (Phi) is 4.58. The maximum atomic E-state index is 3.73. The quantitative estimate of drug-likeness (QED) is 0.494. The normalized spacial score (nSPS) is 8.93. The van der Waals surface area contributed by atoms with Crippen LogP contribution in [-0.4, -0.2) is 0 Å². The van der Waals surface area contributed by atoms with Gasteiger partial charge in [0, 0.05) is 12.0 Å². The number of hydrogen-bond acceptors (Lipinski definition) is 0. The molecule has 1 aromatic rings. The van der Waals surface area contributed by atoms with E-state index in [1.165, 1.54) is 12.8 Å². The lowest BCUT2D eigenvalue weighted by atomic mass is 10.1. The summed E-state index contributed by atoms with van der Waals surface area (Å²) >= 11 is 0. The van der Waals surface area contributed by atoms with Crippen molar-refractivity contribution < 1.29 is 0 Å².